The molecule has 0 aliphatic carbocycles. The zero-order valence-electron chi connectivity index (χ0n) is 14.5. The van der Waals surface area contributed by atoms with Crippen LogP contribution in [0.3, 0.4) is 0 Å². The Morgan fingerprint density at radius 2 is 1.54 bits per heavy atom. The molecule has 24 heavy (non-hydrogen) atoms. The van der Waals surface area contributed by atoms with E-state index >= 15 is 0 Å². The Hall–Kier alpha value is -2.12. The summed E-state index contributed by atoms with van der Waals surface area (Å²) in [5, 5.41) is 3.67. The molecule has 132 valence electrons. The van der Waals surface area contributed by atoms with Gasteiger partial charge in [-0.3, -0.25) is 15.6 Å². The third-order valence-electron chi connectivity index (χ3n) is 3.42. The van der Waals surface area contributed by atoms with Gasteiger partial charge in [0.15, 0.2) is 0 Å². The quantitative estimate of drug-likeness (QED) is 0.869. The molecule has 1 aromatic rings. The molecule has 0 bridgehead atoms. The number of ether oxygens (including phenoxy) is 1. The van der Waals surface area contributed by atoms with Crippen LogP contribution >= 0.6 is 0 Å². The van der Waals surface area contributed by atoms with E-state index in [4.69, 9.17) is 4.74 Å². The molecule has 0 atom stereocenters. The second kappa shape index (κ2) is 8.12. The van der Waals surface area contributed by atoms with E-state index in [0.29, 0.717) is 32.6 Å². The monoisotopic (exact) mass is 334 g/mol. The summed E-state index contributed by atoms with van der Waals surface area (Å²) in [6, 6.07) is 9.64. The van der Waals surface area contributed by atoms with Gasteiger partial charge in [-0.05, 0) is 26.3 Å². The fourth-order valence-electron chi connectivity index (χ4n) is 2.36. The lowest BCUT2D eigenvalue weighted by atomic mass is 10.1. The van der Waals surface area contributed by atoms with Crippen molar-refractivity contribution in [3.63, 3.8) is 0 Å². The molecule has 2 rings (SSSR count). The number of carbonyl (C=O) groups excluding carboxylic acids is 2. The maximum atomic E-state index is 12.0. The van der Waals surface area contributed by atoms with E-state index in [1.807, 2.05) is 56.1 Å². The SMILES string of the molecule is CC(C)(C)OC(=O)NN1CCN(NC(=O)Cc2ccccc2)CC1. The molecule has 1 aromatic carbocycles. The zero-order chi connectivity index (χ0) is 17.6. The van der Waals surface area contributed by atoms with Crippen LogP contribution in [0.1, 0.15) is 26.3 Å². The van der Waals surface area contributed by atoms with Gasteiger partial charge in [-0.1, -0.05) is 30.3 Å². The Morgan fingerprint density at radius 3 is 2.08 bits per heavy atom. The van der Waals surface area contributed by atoms with Crippen molar-refractivity contribution in [3.05, 3.63) is 35.9 Å². The normalized spacial score (nSPS) is 16.5. The fourth-order valence-corrected chi connectivity index (χ4v) is 2.36. The van der Waals surface area contributed by atoms with Gasteiger partial charge >= 0.3 is 6.09 Å². The number of hydrogen-bond acceptors (Lipinski definition) is 5. The predicted molar refractivity (Wildman–Crippen MR) is 90.8 cm³/mol. The molecule has 7 heteroatoms. The van der Waals surface area contributed by atoms with Crippen LogP contribution in [0.25, 0.3) is 0 Å². The number of hydrogen-bond donors (Lipinski definition) is 2. The summed E-state index contributed by atoms with van der Waals surface area (Å²) >= 11 is 0. The van der Waals surface area contributed by atoms with E-state index in [-0.39, 0.29) is 5.91 Å². The summed E-state index contributed by atoms with van der Waals surface area (Å²) in [5.74, 6) is -0.0326. The van der Waals surface area contributed by atoms with Crippen molar-refractivity contribution in [1.29, 1.82) is 0 Å². The molecule has 1 aliphatic heterocycles. The minimum absolute atomic E-state index is 0.0326. The maximum Gasteiger partial charge on any atom is 0.422 e. The van der Waals surface area contributed by atoms with Gasteiger partial charge in [0.25, 0.3) is 0 Å². The highest BCUT2D eigenvalue weighted by Crippen LogP contribution is 2.07. The van der Waals surface area contributed by atoms with Crippen LogP contribution in [0.2, 0.25) is 0 Å². The molecule has 1 fully saturated rings. The van der Waals surface area contributed by atoms with E-state index in [1.165, 1.54) is 0 Å². The molecule has 1 aliphatic rings. The number of carbonyl (C=O) groups is 2. The number of nitrogens with one attached hydrogen (secondary N) is 2. The molecule has 0 saturated carbocycles. The molecule has 2 N–H and O–H groups in total. The van der Waals surface area contributed by atoms with Gasteiger partial charge in [-0.2, -0.15) is 0 Å². The van der Waals surface area contributed by atoms with Crippen molar-refractivity contribution in [2.75, 3.05) is 26.2 Å². The average molecular weight is 334 g/mol. The van der Waals surface area contributed by atoms with Crippen molar-refractivity contribution in [2.24, 2.45) is 0 Å². The number of rotatable bonds is 4. The van der Waals surface area contributed by atoms with Crippen molar-refractivity contribution in [3.8, 4) is 0 Å². The number of nitrogens with zero attached hydrogens (tertiary/aromatic N) is 2. The molecule has 1 saturated heterocycles. The lowest BCUT2D eigenvalue weighted by Crippen LogP contribution is -2.58. The van der Waals surface area contributed by atoms with Crippen LogP contribution in [-0.2, 0) is 16.0 Å². The molecular weight excluding hydrogens is 308 g/mol. The van der Waals surface area contributed by atoms with Gasteiger partial charge in [0.05, 0.1) is 6.42 Å². The molecule has 2 amide bonds. The van der Waals surface area contributed by atoms with Crippen LogP contribution < -0.4 is 10.9 Å². The Kier molecular flexibility index (Phi) is 6.16. The fraction of sp³-hybridized carbons (Fsp3) is 0.529. The van der Waals surface area contributed by atoms with E-state index < -0.39 is 11.7 Å². The lowest BCUT2D eigenvalue weighted by molar-refractivity contribution is -0.126. The van der Waals surface area contributed by atoms with E-state index in [2.05, 4.69) is 10.9 Å². The molecule has 1 heterocycles. The molecule has 0 radical (unpaired) electrons. The zero-order valence-corrected chi connectivity index (χ0v) is 14.5. The van der Waals surface area contributed by atoms with Crippen molar-refractivity contribution < 1.29 is 14.3 Å². The first-order chi connectivity index (χ1) is 11.3. The molecule has 0 aromatic heterocycles. The van der Waals surface area contributed by atoms with Crippen LogP contribution in [0.15, 0.2) is 30.3 Å². The van der Waals surface area contributed by atoms with Gasteiger partial charge in [-0.25, -0.2) is 14.8 Å². The molecular formula is C17H26N4O3. The average Bonchev–Trinajstić information content (AvgIpc) is 2.48. The standard InChI is InChI=1S/C17H26N4O3/c1-17(2,3)24-16(23)19-21-11-9-20(10-12-21)18-15(22)13-14-7-5-4-6-8-14/h4-8H,9-13H2,1-3H3,(H,18,22)(H,19,23). The highest BCUT2D eigenvalue weighted by Gasteiger charge is 2.22. The topological polar surface area (TPSA) is 73.9 Å². The van der Waals surface area contributed by atoms with Crippen LogP contribution in [0, 0.1) is 0 Å². The smallest absolute Gasteiger partial charge is 0.422 e. The molecule has 0 unspecified atom stereocenters. The van der Waals surface area contributed by atoms with Crippen LogP contribution in [0.5, 0.6) is 0 Å². The summed E-state index contributed by atoms with van der Waals surface area (Å²) in [4.78, 5) is 23.8. The summed E-state index contributed by atoms with van der Waals surface area (Å²) in [6.45, 7) is 7.98. The van der Waals surface area contributed by atoms with Crippen molar-refractivity contribution in [2.45, 2.75) is 32.8 Å². The second-order valence-electron chi connectivity index (χ2n) is 6.79. The first-order valence-electron chi connectivity index (χ1n) is 8.15. The van der Waals surface area contributed by atoms with Gasteiger partial charge in [0.2, 0.25) is 5.91 Å². The Balaban J connectivity index is 1.69. The predicted octanol–water partition coefficient (Wildman–Crippen LogP) is 1.32. The van der Waals surface area contributed by atoms with E-state index in [1.54, 1.807) is 5.01 Å². The van der Waals surface area contributed by atoms with E-state index in [9.17, 15) is 9.59 Å². The Labute approximate surface area is 142 Å². The summed E-state index contributed by atoms with van der Waals surface area (Å²) in [7, 11) is 0. The molecule has 0 spiro atoms. The minimum Gasteiger partial charge on any atom is -0.443 e. The maximum absolute atomic E-state index is 12.0. The minimum atomic E-state index is -0.517. The highest BCUT2D eigenvalue weighted by atomic mass is 16.6. The summed E-state index contributed by atoms with van der Waals surface area (Å²) in [5.41, 5.74) is 6.09. The number of amides is 2. The molecule has 7 nitrogen and oxygen atoms in total. The number of benzene rings is 1. The van der Waals surface area contributed by atoms with Gasteiger partial charge in [0.1, 0.15) is 5.60 Å². The van der Waals surface area contributed by atoms with Gasteiger partial charge < -0.3 is 4.74 Å². The number of piperazine rings is 1. The van der Waals surface area contributed by atoms with Crippen LogP contribution in [-0.4, -0.2) is 53.8 Å². The first-order valence-corrected chi connectivity index (χ1v) is 8.15. The van der Waals surface area contributed by atoms with Gasteiger partial charge in [-0.15, -0.1) is 0 Å². The summed E-state index contributed by atoms with van der Waals surface area (Å²) < 4.78 is 5.22. The highest BCUT2D eigenvalue weighted by molar-refractivity contribution is 5.78. The first kappa shape index (κ1) is 18.2. The van der Waals surface area contributed by atoms with Crippen molar-refractivity contribution in [1.82, 2.24) is 20.9 Å². The third kappa shape index (κ3) is 6.55. The Morgan fingerprint density at radius 1 is 1.00 bits per heavy atom. The van der Waals surface area contributed by atoms with E-state index in [0.717, 1.165) is 5.56 Å². The third-order valence-corrected chi connectivity index (χ3v) is 3.42. The second-order valence-corrected chi connectivity index (χ2v) is 6.79. The Bertz CT molecular complexity index is 549. The van der Waals surface area contributed by atoms with Crippen LogP contribution in [0.4, 0.5) is 4.79 Å². The summed E-state index contributed by atoms with van der Waals surface area (Å²) in [6.07, 6.45) is -0.0962. The largest absolute Gasteiger partial charge is 0.443 e. The van der Waals surface area contributed by atoms with Gasteiger partial charge in [0, 0.05) is 26.2 Å². The number of hydrazine groups is 2. The lowest BCUT2D eigenvalue weighted by Gasteiger charge is -2.34. The van der Waals surface area contributed by atoms with Crippen molar-refractivity contribution >= 4 is 12.0 Å².